The Morgan fingerprint density at radius 2 is 2.06 bits per heavy atom. The summed E-state index contributed by atoms with van der Waals surface area (Å²) in [6.07, 6.45) is 5.04. The Balaban J connectivity index is 1.99. The lowest BCUT2D eigenvalue weighted by atomic mass is 9.86. The molecule has 2 N–H and O–H groups in total. The van der Waals surface area contributed by atoms with Crippen molar-refractivity contribution in [1.29, 1.82) is 0 Å². The van der Waals surface area contributed by atoms with Crippen molar-refractivity contribution >= 4 is 11.7 Å². The Morgan fingerprint density at radius 1 is 1.28 bits per heavy atom. The van der Waals surface area contributed by atoms with Crippen LogP contribution in [0.15, 0.2) is 12.1 Å². The number of hydrogen-bond donors (Lipinski definition) is 2. The van der Waals surface area contributed by atoms with Crippen LogP contribution in [0.2, 0.25) is 0 Å². The fourth-order valence-corrected chi connectivity index (χ4v) is 2.38. The lowest BCUT2D eigenvalue weighted by Gasteiger charge is -2.29. The normalized spacial score (nSPS) is 23.4. The number of anilines is 1. The second kappa shape index (κ2) is 5.80. The van der Waals surface area contributed by atoms with Gasteiger partial charge in [0.05, 0.1) is 0 Å². The zero-order chi connectivity index (χ0) is 13.0. The lowest BCUT2D eigenvalue weighted by Crippen LogP contribution is -2.30. The molecule has 1 aliphatic rings. The highest BCUT2D eigenvalue weighted by Crippen LogP contribution is 2.25. The third kappa shape index (κ3) is 2.97. The van der Waals surface area contributed by atoms with Crippen LogP contribution >= 0.6 is 0 Å². The van der Waals surface area contributed by atoms with Gasteiger partial charge in [-0.2, -0.15) is 0 Å². The Hall–Kier alpha value is -1.65. The number of carbonyl (C=O) groups excluding carboxylic acids is 1. The minimum Gasteiger partial charge on any atom is -0.366 e. The van der Waals surface area contributed by atoms with Crippen molar-refractivity contribution < 1.29 is 4.79 Å². The summed E-state index contributed by atoms with van der Waals surface area (Å²) in [6.45, 7) is 2.27. The molecule has 1 saturated carbocycles. The molecule has 1 heterocycles. The molecule has 5 nitrogen and oxygen atoms in total. The standard InChI is InChI=1S/C13H20N4O/c1-9-5-3-4-6-10(9)15-12-8-7-11(16-17-12)13(18)14-2/h7-10H,3-6H2,1-2H3,(H,14,18)(H,15,17). The average molecular weight is 248 g/mol. The molecule has 18 heavy (non-hydrogen) atoms. The van der Waals surface area contributed by atoms with Crippen molar-refractivity contribution in [1.82, 2.24) is 15.5 Å². The zero-order valence-corrected chi connectivity index (χ0v) is 10.9. The van der Waals surface area contributed by atoms with E-state index in [0.29, 0.717) is 17.7 Å². The van der Waals surface area contributed by atoms with Crippen LogP contribution in [0.1, 0.15) is 43.1 Å². The fraction of sp³-hybridized carbons (Fsp3) is 0.615. The first-order valence-corrected chi connectivity index (χ1v) is 6.53. The predicted octanol–water partition coefficient (Wildman–Crippen LogP) is 1.83. The number of nitrogens with zero attached hydrogens (tertiary/aromatic N) is 2. The Kier molecular flexibility index (Phi) is 4.12. The van der Waals surface area contributed by atoms with Crippen molar-refractivity contribution in [3.63, 3.8) is 0 Å². The van der Waals surface area contributed by atoms with Crippen molar-refractivity contribution in [2.45, 2.75) is 38.6 Å². The first kappa shape index (κ1) is 12.8. The van der Waals surface area contributed by atoms with Gasteiger partial charge in [-0.1, -0.05) is 19.8 Å². The van der Waals surface area contributed by atoms with Crippen LogP contribution in [0.4, 0.5) is 5.82 Å². The second-order valence-electron chi connectivity index (χ2n) is 4.90. The molecule has 1 fully saturated rings. The molecule has 0 aliphatic heterocycles. The van der Waals surface area contributed by atoms with E-state index in [4.69, 9.17) is 0 Å². The average Bonchev–Trinajstić information content (AvgIpc) is 2.41. The summed E-state index contributed by atoms with van der Waals surface area (Å²) < 4.78 is 0. The summed E-state index contributed by atoms with van der Waals surface area (Å²) in [7, 11) is 1.58. The molecule has 0 bridgehead atoms. The smallest absolute Gasteiger partial charge is 0.271 e. The van der Waals surface area contributed by atoms with Gasteiger partial charge < -0.3 is 10.6 Å². The minimum absolute atomic E-state index is 0.208. The van der Waals surface area contributed by atoms with Crippen LogP contribution in [-0.2, 0) is 0 Å². The van der Waals surface area contributed by atoms with Crippen molar-refractivity contribution in [2.24, 2.45) is 5.92 Å². The van der Waals surface area contributed by atoms with E-state index in [1.165, 1.54) is 25.7 Å². The van der Waals surface area contributed by atoms with Gasteiger partial charge in [0.15, 0.2) is 5.69 Å². The minimum atomic E-state index is -0.208. The molecule has 98 valence electrons. The number of amides is 1. The van der Waals surface area contributed by atoms with Crippen LogP contribution in [0.3, 0.4) is 0 Å². The fourth-order valence-electron chi connectivity index (χ4n) is 2.38. The SMILES string of the molecule is CNC(=O)c1ccc(NC2CCCCC2C)nn1. The Labute approximate surface area is 107 Å². The molecule has 0 spiro atoms. The van der Waals surface area contributed by atoms with Crippen molar-refractivity contribution in [3.05, 3.63) is 17.8 Å². The molecule has 0 aromatic carbocycles. The summed E-state index contributed by atoms with van der Waals surface area (Å²) in [5, 5.41) is 13.9. The van der Waals surface area contributed by atoms with Crippen molar-refractivity contribution in [3.8, 4) is 0 Å². The highest BCUT2D eigenvalue weighted by atomic mass is 16.1. The lowest BCUT2D eigenvalue weighted by molar-refractivity contribution is 0.0957. The van der Waals surface area contributed by atoms with Crippen LogP contribution in [0.5, 0.6) is 0 Å². The molecule has 1 aliphatic carbocycles. The highest BCUT2D eigenvalue weighted by Gasteiger charge is 2.21. The molecular formula is C13H20N4O. The van der Waals surface area contributed by atoms with Gasteiger partial charge in [-0.25, -0.2) is 0 Å². The number of aromatic nitrogens is 2. The van der Waals surface area contributed by atoms with E-state index in [2.05, 4.69) is 27.8 Å². The highest BCUT2D eigenvalue weighted by molar-refractivity contribution is 5.91. The monoisotopic (exact) mass is 248 g/mol. The van der Waals surface area contributed by atoms with Gasteiger partial charge in [-0.05, 0) is 30.9 Å². The Bertz CT molecular complexity index is 404. The molecule has 2 atom stereocenters. The van der Waals surface area contributed by atoms with E-state index in [1.807, 2.05) is 6.07 Å². The molecule has 0 saturated heterocycles. The summed E-state index contributed by atoms with van der Waals surface area (Å²) in [6, 6.07) is 3.99. The number of rotatable bonds is 3. The maximum atomic E-state index is 11.3. The first-order chi connectivity index (χ1) is 8.70. The number of nitrogens with one attached hydrogen (secondary N) is 2. The molecular weight excluding hydrogens is 228 g/mol. The molecule has 5 heteroatoms. The van der Waals surface area contributed by atoms with Crippen LogP contribution < -0.4 is 10.6 Å². The first-order valence-electron chi connectivity index (χ1n) is 6.53. The van der Waals surface area contributed by atoms with E-state index < -0.39 is 0 Å². The van der Waals surface area contributed by atoms with Crippen LogP contribution in [0, 0.1) is 5.92 Å². The van der Waals surface area contributed by atoms with Crippen LogP contribution in [-0.4, -0.2) is 29.2 Å². The van der Waals surface area contributed by atoms with Gasteiger partial charge in [0, 0.05) is 13.1 Å². The van der Waals surface area contributed by atoms with E-state index in [1.54, 1.807) is 13.1 Å². The predicted molar refractivity (Wildman–Crippen MR) is 70.5 cm³/mol. The molecule has 1 aromatic heterocycles. The summed E-state index contributed by atoms with van der Waals surface area (Å²) in [5.41, 5.74) is 0.347. The third-order valence-electron chi connectivity index (χ3n) is 3.57. The Morgan fingerprint density at radius 3 is 2.67 bits per heavy atom. The van der Waals surface area contributed by atoms with Gasteiger partial charge in [0.2, 0.25) is 0 Å². The summed E-state index contributed by atoms with van der Waals surface area (Å²) in [5.74, 6) is 1.21. The quantitative estimate of drug-likeness (QED) is 0.856. The van der Waals surface area contributed by atoms with Crippen molar-refractivity contribution in [2.75, 3.05) is 12.4 Å². The summed E-state index contributed by atoms with van der Waals surface area (Å²) in [4.78, 5) is 11.3. The third-order valence-corrected chi connectivity index (χ3v) is 3.57. The summed E-state index contributed by atoms with van der Waals surface area (Å²) >= 11 is 0. The maximum absolute atomic E-state index is 11.3. The molecule has 1 aromatic rings. The zero-order valence-electron chi connectivity index (χ0n) is 10.9. The van der Waals surface area contributed by atoms with Gasteiger partial charge in [0.1, 0.15) is 5.82 Å². The van der Waals surface area contributed by atoms with E-state index in [9.17, 15) is 4.79 Å². The number of hydrogen-bond acceptors (Lipinski definition) is 4. The van der Waals surface area contributed by atoms with Crippen LogP contribution in [0.25, 0.3) is 0 Å². The largest absolute Gasteiger partial charge is 0.366 e. The van der Waals surface area contributed by atoms with E-state index in [0.717, 1.165) is 5.82 Å². The maximum Gasteiger partial charge on any atom is 0.271 e. The molecule has 0 radical (unpaired) electrons. The molecule has 2 unspecified atom stereocenters. The number of carbonyl (C=O) groups is 1. The van der Waals surface area contributed by atoms with Gasteiger partial charge in [-0.3, -0.25) is 4.79 Å². The second-order valence-corrected chi connectivity index (χ2v) is 4.90. The van der Waals surface area contributed by atoms with Gasteiger partial charge in [0.25, 0.3) is 5.91 Å². The molecule has 2 rings (SSSR count). The molecule has 1 amide bonds. The van der Waals surface area contributed by atoms with E-state index in [-0.39, 0.29) is 5.91 Å². The van der Waals surface area contributed by atoms with Gasteiger partial charge >= 0.3 is 0 Å². The van der Waals surface area contributed by atoms with Gasteiger partial charge in [-0.15, -0.1) is 10.2 Å². The topological polar surface area (TPSA) is 66.9 Å². The van der Waals surface area contributed by atoms with E-state index >= 15 is 0 Å².